The van der Waals surface area contributed by atoms with Crippen LogP contribution >= 0.6 is 11.6 Å². The van der Waals surface area contributed by atoms with Crippen LogP contribution in [0.3, 0.4) is 0 Å². The van der Waals surface area contributed by atoms with Gasteiger partial charge in [0, 0.05) is 42.5 Å². The van der Waals surface area contributed by atoms with Crippen LogP contribution in [-0.4, -0.2) is 43.2 Å². The Morgan fingerprint density at radius 3 is 2.31 bits per heavy atom. The molecule has 6 nitrogen and oxygen atoms in total. The first kappa shape index (κ1) is 21.6. The Bertz CT molecular complexity index is 1160. The third-order valence-corrected chi connectivity index (χ3v) is 5.64. The first-order chi connectivity index (χ1) is 15.4. The number of halogens is 2. The highest BCUT2D eigenvalue weighted by molar-refractivity contribution is 6.31. The summed E-state index contributed by atoms with van der Waals surface area (Å²) in [7, 11) is 0. The number of aromatic carboxylic acids is 1. The molecule has 3 aromatic carbocycles. The van der Waals surface area contributed by atoms with Crippen molar-refractivity contribution in [2.75, 3.05) is 41.3 Å². The number of rotatable bonds is 5. The van der Waals surface area contributed by atoms with Gasteiger partial charge in [0.05, 0.1) is 16.9 Å². The van der Waals surface area contributed by atoms with Gasteiger partial charge >= 0.3 is 5.97 Å². The summed E-state index contributed by atoms with van der Waals surface area (Å²) in [5.74, 6) is -1.84. The van der Waals surface area contributed by atoms with Crippen molar-refractivity contribution in [2.45, 2.75) is 0 Å². The van der Waals surface area contributed by atoms with Crippen molar-refractivity contribution in [1.82, 2.24) is 0 Å². The molecule has 1 heterocycles. The topological polar surface area (TPSA) is 72.9 Å². The maximum absolute atomic E-state index is 14.1. The molecule has 0 saturated carbocycles. The summed E-state index contributed by atoms with van der Waals surface area (Å²) in [6.07, 6.45) is 0. The number of nitrogens with one attached hydrogen (secondary N) is 1. The summed E-state index contributed by atoms with van der Waals surface area (Å²) >= 11 is 5.93. The molecule has 0 radical (unpaired) electrons. The van der Waals surface area contributed by atoms with Gasteiger partial charge in [0.25, 0.3) is 5.91 Å². The van der Waals surface area contributed by atoms with E-state index in [1.165, 1.54) is 12.1 Å². The highest BCUT2D eigenvalue weighted by Gasteiger charge is 2.22. The van der Waals surface area contributed by atoms with Gasteiger partial charge in [-0.2, -0.15) is 0 Å². The second kappa shape index (κ2) is 9.28. The first-order valence-electron chi connectivity index (χ1n) is 10.1. The average molecular weight is 454 g/mol. The van der Waals surface area contributed by atoms with Crippen LogP contribution < -0.4 is 15.1 Å². The number of carbonyl (C=O) groups is 2. The number of anilines is 3. The van der Waals surface area contributed by atoms with Crippen molar-refractivity contribution >= 4 is 40.5 Å². The molecule has 32 heavy (non-hydrogen) atoms. The average Bonchev–Trinajstić information content (AvgIpc) is 2.79. The molecular formula is C24H21ClFN3O3. The number of benzene rings is 3. The molecule has 8 heteroatoms. The molecule has 1 amide bonds. The third kappa shape index (κ3) is 4.68. The molecule has 164 valence electrons. The van der Waals surface area contributed by atoms with Gasteiger partial charge in [-0.1, -0.05) is 29.8 Å². The van der Waals surface area contributed by atoms with Crippen LogP contribution in [0.5, 0.6) is 0 Å². The van der Waals surface area contributed by atoms with E-state index in [0.29, 0.717) is 42.5 Å². The third-order valence-electron chi connectivity index (χ3n) is 5.41. The molecular weight excluding hydrogens is 433 g/mol. The van der Waals surface area contributed by atoms with Crippen molar-refractivity contribution < 1.29 is 19.1 Å². The summed E-state index contributed by atoms with van der Waals surface area (Å²) in [5, 5.41) is 12.8. The van der Waals surface area contributed by atoms with Crippen LogP contribution in [0.15, 0.2) is 66.7 Å². The summed E-state index contributed by atoms with van der Waals surface area (Å²) in [5.41, 5.74) is 1.83. The van der Waals surface area contributed by atoms with E-state index in [0.717, 1.165) is 5.69 Å². The maximum Gasteiger partial charge on any atom is 0.337 e. The van der Waals surface area contributed by atoms with Crippen molar-refractivity contribution in [3.63, 3.8) is 0 Å². The van der Waals surface area contributed by atoms with E-state index in [1.54, 1.807) is 54.6 Å². The molecule has 0 spiro atoms. The quantitative estimate of drug-likeness (QED) is 0.583. The monoisotopic (exact) mass is 453 g/mol. The van der Waals surface area contributed by atoms with Crippen LogP contribution in [0.1, 0.15) is 20.7 Å². The van der Waals surface area contributed by atoms with E-state index >= 15 is 0 Å². The van der Waals surface area contributed by atoms with Crippen molar-refractivity contribution in [3.05, 3.63) is 88.7 Å². The molecule has 1 aliphatic heterocycles. The summed E-state index contributed by atoms with van der Waals surface area (Å²) in [4.78, 5) is 28.4. The number of para-hydroxylation sites is 1. The predicted octanol–water partition coefficient (Wildman–Crippen LogP) is 4.76. The van der Waals surface area contributed by atoms with Gasteiger partial charge in [-0.25, -0.2) is 9.18 Å². The van der Waals surface area contributed by atoms with Crippen LogP contribution in [-0.2, 0) is 0 Å². The Morgan fingerprint density at radius 2 is 1.62 bits per heavy atom. The van der Waals surface area contributed by atoms with Gasteiger partial charge < -0.3 is 20.2 Å². The van der Waals surface area contributed by atoms with Crippen LogP contribution in [0.2, 0.25) is 5.02 Å². The zero-order valence-corrected chi connectivity index (χ0v) is 17.8. The molecule has 0 bridgehead atoms. The molecule has 0 aliphatic carbocycles. The second-order valence-corrected chi connectivity index (χ2v) is 7.86. The maximum atomic E-state index is 14.1. The highest BCUT2D eigenvalue weighted by Crippen LogP contribution is 2.27. The van der Waals surface area contributed by atoms with Crippen molar-refractivity contribution in [2.24, 2.45) is 0 Å². The molecule has 2 N–H and O–H groups in total. The van der Waals surface area contributed by atoms with Crippen molar-refractivity contribution in [3.8, 4) is 0 Å². The van der Waals surface area contributed by atoms with Gasteiger partial charge in [0.15, 0.2) is 0 Å². The van der Waals surface area contributed by atoms with E-state index in [2.05, 4.69) is 5.32 Å². The number of piperazine rings is 1. The van der Waals surface area contributed by atoms with E-state index in [9.17, 15) is 19.1 Å². The van der Waals surface area contributed by atoms with E-state index in [-0.39, 0.29) is 17.1 Å². The fourth-order valence-electron chi connectivity index (χ4n) is 3.75. The molecule has 3 aromatic rings. The van der Waals surface area contributed by atoms with E-state index in [1.807, 2.05) is 9.80 Å². The lowest BCUT2D eigenvalue weighted by molar-refractivity contribution is 0.0698. The van der Waals surface area contributed by atoms with Gasteiger partial charge in [-0.05, 0) is 48.5 Å². The number of amides is 1. The molecule has 1 saturated heterocycles. The van der Waals surface area contributed by atoms with Gasteiger partial charge in [-0.15, -0.1) is 0 Å². The molecule has 0 aromatic heterocycles. The minimum absolute atomic E-state index is 0.00517. The molecule has 1 aliphatic rings. The Hall–Kier alpha value is -3.58. The molecule has 0 unspecified atom stereocenters. The number of carboxylic acid groups (broad SMARTS) is 1. The second-order valence-electron chi connectivity index (χ2n) is 7.43. The molecule has 0 atom stereocenters. The first-order valence-corrected chi connectivity index (χ1v) is 10.5. The van der Waals surface area contributed by atoms with E-state index < -0.39 is 11.9 Å². The molecule has 4 rings (SSSR count). The number of nitrogens with zero attached hydrogens (tertiary/aromatic N) is 2. The normalized spacial score (nSPS) is 13.7. The lowest BCUT2D eigenvalue weighted by Gasteiger charge is -2.37. The van der Waals surface area contributed by atoms with Crippen LogP contribution in [0, 0.1) is 5.82 Å². The zero-order chi connectivity index (χ0) is 22.7. The number of hydrogen-bond acceptors (Lipinski definition) is 4. The van der Waals surface area contributed by atoms with Gasteiger partial charge in [-0.3, -0.25) is 4.79 Å². The van der Waals surface area contributed by atoms with Gasteiger partial charge in [0.2, 0.25) is 0 Å². The lowest BCUT2D eigenvalue weighted by atomic mass is 10.1. The number of carbonyl (C=O) groups excluding carboxylic acids is 1. The minimum atomic E-state index is -1.14. The zero-order valence-electron chi connectivity index (χ0n) is 17.1. The van der Waals surface area contributed by atoms with Crippen molar-refractivity contribution in [1.29, 1.82) is 0 Å². The number of carboxylic acids is 1. The summed E-state index contributed by atoms with van der Waals surface area (Å²) in [6, 6.07) is 18.0. The largest absolute Gasteiger partial charge is 0.478 e. The Morgan fingerprint density at radius 1 is 0.906 bits per heavy atom. The summed E-state index contributed by atoms with van der Waals surface area (Å²) in [6.45, 7) is 2.44. The van der Waals surface area contributed by atoms with E-state index in [4.69, 9.17) is 11.6 Å². The Kier molecular flexibility index (Phi) is 6.28. The lowest BCUT2D eigenvalue weighted by Crippen LogP contribution is -2.46. The smallest absolute Gasteiger partial charge is 0.337 e. The Balaban J connectivity index is 1.49. The highest BCUT2D eigenvalue weighted by atomic mass is 35.5. The van der Waals surface area contributed by atoms with Crippen LogP contribution in [0.4, 0.5) is 21.5 Å². The van der Waals surface area contributed by atoms with Gasteiger partial charge in [0.1, 0.15) is 5.82 Å². The predicted molar refractivity (Wildman–Crippen MR) is 124 cm³/mol. The fraction of sp³-hybridized carbons (Fsp3) is 0.167. The Labute approximate surface area is 189 Å². The fourth-order valence-corrected chi connectivity index (χ4v) is 3.94. The summed E-state index contributed by atoms with van der Waals surface area (Å²) < 4.78 is 14.1. The minimum Gasteiger partial charge on any atom is -0.478 e. The van der Waals surface area contributed by atoms with Crippen LogP contribution in [0.25, 0.3) is 0 Å². The molecule has 1 fully saturated rings. The SMILES string of the molecule is O=C(Nc1ccc(N2CCN(c3ccccc3F)CC2)cc1C(=O)O)c1cccc(Cl)c1. The number of hydrogen-bond donors (Lipinski definition) is 2. The standard InChI is InChI=1S/C24H21ClFN3O3/c25-17-5-3-4-16(14-17)23(30)27-21-9-8-18(15-19(21)24(31)32)28-10-12-29(13-11-28)22-7-2-1-6-20(22)26/h1-9,14-15H,10-13H2,(H,27,30)(H,31,32).